The second kappa shape index (κ2) is 5.74. The molecular weight excluding hydrogens is 260 g/mol. The van der Waals surface area contributed by atoms with Gasteiger partial charge in [0.25, 0.3) is 0 Å². The van der Waals surface area contributed by atoms with Crippen LogP contribution in [-0.2, 0) is 9.84 Å². The Balaban J connectivity index is 3.05. The van der Waals surface area contributed by atoms with E-state index in [2.05, 4.69) is 0 Å². The fourth-order valence-corrected chi connectivity index (χ4v) is 3.12. The fourth-order valence-electron chi connectivity index (χ4n) is 1.56. The van der Waals surface area contributed by atoms with E-state index in [1.807, 2.05) is 32.0 Å². The molecule has 1 aromatic rings. The Hall–Kier alpha value is -0.740. The predicted octanol–water partition coefficient (Wildman–Crippen LogP) is 2.72. The van der Waals surface area contributed by atoms with Gasteiger partial charge in [-0.05, 0) is 19.9 Å². The van der Waals surface area contributed by atoms with Crippen LogP contribution in [0.3, 0.4) is 0 Å². The average molecular weight is 277 g/mol. The standard InChI is InChI=1S/C12H17ClO3S/c1-4-16-12-6-5-9(2)7-10(12)11(13)8-17(3,14)15/h5-7,11H,4,8H2,1-3H3. The van der Waals surface area contributed by atoms with Gasteiger partial charge in [-0.1, -0.05) is 17.7 Å². The molecule has 17 heavy (non-hydrogen) atoms. The SMILES string of the molecule is CCOc1ccc(C)cc1C(Cl)CS(C)(=O)=O. The lowest BCUT2D eigenvalue weighted by Crippen LogP contribution is -2.10. The van der Waals surface area contributed by atoms with Gasteiger partial charge < -0.3 is 4.74 Å². The van der Waals surface area contributed by atoms with E-state index in [0.717, 1.165) is 11.1 Å². The summed E-state index contributed by atoms with van der Waals surface area (Å²) < 4.78 is 27.9. The Kier molecular flexibility index (Phi) is 4.83. The predicted molar refractivity (Wildman–Crippen MR) is 70.7 cm³/mol. The molecule has 0 fully saturated rings. The molecule has 0 saturated carbocycles. The maximum atomic E-state index is 11.2. The number of sulfone groups is 1. The highest BCUT2D eigenvalue weighted by molar-refractivity contribution is 7.90. The van der Waals surface area contributed by atoms with Crippen molar-refractivity contribution < 1.29 is 13.2 Å². The van der Waals surface area contributed by atoms with Crippen LogP contribution >= 0.6 is 11.6 Å². The number of rotatable bonds is 5. The van der Waals surface area contributed by atoms with Gasteiger partial charge in [0.05, 0.1) is 17.7 Å². The molecule has 0 bridgehead atoms. The summed E-state index contributed by atoms with van der Waals surface area (Å²) in [6.07, 6.45) is 1.18. The first-order valence-electron chi connectivity index (χ1n) is 5.38. The molecule has 0 spiro atoms. The number of aryl methyl sites for hydroxylation is 1. The summed E-state index contributed by atoms with van der Waals surface area (Å²) >= 11 is 6.14. The summed E-state index contributed by atoms with van der Waals surface area (Å²) in [5.74, 6) is 0.569. The first kappa shape index (κ1) is 14.3. The normalized spacial score (nSPS) is 13.4. The van der Waals surface area contributed by atoms with E-state index in [1.54, 1.807) is 0 Å². The third kappa shape index (κ3) is 4.56. The number of alkyl halides is 1. The van der Waals surface area contributed by atoms with Gasteiger partial charge in [0.2, 0.25) is 0 Å². The summed E-state index contributed by atoms with van der Waals surface area (Å²) in [6.45, 7) is 4.34. The Labute approximate surface area is 108 Å². The zero-order valence-corrected chi connectivity index (χ0v) is 11.8. The number of halogens is 1. The summed E-state index contributed by atoms with van der Waals surface area (Å²) in [5, 5.41) is -0.577. The van der Waals surface area contributed by atoms with Crippen LogP contribution in [0.2, 0.25) is 0 Å². The lowest BCUT2D eigenvalue weighted by atomic mass is 10.1. The summed E-state index contributed by atoms with van der Waals surface area (Å²) in [4.78, 5) is 0. The molecule has 0 aliphatic carbocycles. The summed E-state index contributed by atoms with van der Waals surface area (Å²) in [5.41, 5.74) is 1.77. The zero-order valence-electron chi connectivity index (χ0n) is 10.2. The lowest BCUT2D eigenvalue weighted by molar-refractivity contribution is 0.336. The van der Waals surface area contributed by atoms with Gasteiger partial charge in [0, 0.05) is 11.8 Å². The molecule has 0 heterocycles. The Morgan fingerprint density at radius 1 is 1.41 bits per heavy atom. The van der Waals surface area contributed by atoms with Gasteiger partial charge in [-0.2, -0.15) is 0 Å². The largest absolute Gasteiger partial charge is 0.494 e. The molecule has 0 N–H and O–H groups in total. The van der Waals surface area contributed by atoms with Crippen molar-refractivity contribution in [3.05, 3.63) is 29.3 Å². The van der Waals surface area contributed by atoms with Crippen LogP contribution in [0.15, 0.2) is 18.2 Å². The molecule has 1 atom stereocenters. The highest BCUT2D eigenvalue weighted by atomic mass is 35.5. The Morgan fingerprint density at radius 2 is 2.06 bits per heavy atom. The Morgan fingerprint density at radius 3 is 2.59 bits per heavy atom. The number of ether oxygens (including phenoxy) is 1. The van der Waals surface area contributed by atoms with Crippen molar-refractivity contribution in [2.45, 2.75) is 19.2 Å². The van der Waals surface area contributed by atoms with Gasteiger partial charge in [0.1, 0.15) is 15.6 Å². The smallest absolute Gasteiger partial charge is 0.149 e. The van der Waals surface area contributed by atoms with Gasteiger partial charge in [0.15, 0.2) is 0 Å². The molecule has 5 heteroatoms. The molecule has 0 radical (unpaired) electrons. The van der Waals surface area contributed by atoms with Crippen molar-refractivity contribution in [2.75, 3.05) is 18.6 Å². The van der Waals surface area contributed by atoms with Crippen LogP contribution in [0.4, 0.5) is 0 Å². The van der Waals surface area contributed by atoms with Crippen LogP contribution < -0.4 is 4.74 Å². The molecule has 96 valence electrons. The van der Waals surface area contributed by atoms with E-state index in [4.69, 9.17) is 16.3 Å². The van der Waals surface area contributed by atoms with Crippen LogP contribution in [0.1, 0.15) is 23.4 Å². The van der Waals surface area contributed by atoms with Crippen LogP contribution in [0.25, 0.3) is 0 Å². The lowest BCUT2D eigenvalue weighted by Gasteiger charge is -2.15. The van der Waals surface area contributed by atoms with Crippen molar-refractivity contribution in [2.24, 2.45) is 0 Å². The van der Waals surface area contributed by atoms with Crippen molar-refractivity contribution in [3.63, 3.8) is 0 Å². The first-order chi connectivity index (χ1) is 7.83. The van der Waals surface area contributed by atoms with Gasteiger partial charge in [-0.15, -0.1) is 11.6 Å². The van der Waals surface area contributed by atoms with E-state index in [1.165, 1.54) is 6.26 Å². The molecule has 0 aliphatic rings. The summed E-state index contributed by atoms with van der Waals surface area (Å²) in [6, 6.07) is 5.61. The quantitative estimate of drug-likeness (QED) is 0.777. The Bertz CT molecular complexity index is 483. The van der Waals surface area contributed by atoms with Crippen molar-refractivity contribution >= 4 is 21.4 Å². The number of hydrogen-bond acceptors (Lipinski definition) is 3. The van der Waals surface area contributed by atoms with E-state index in [-0.39, 0.29) is 5.75 Å². The molecule has 1 rings (SSSR count). The third-order valence-electron chi connectivity index (χ3n) is 2.25. The average Bonchev–Trinajstić information content (AvgIpc) is 2.18. The molecule has 0 aromatic heterocycles. The second-order valence-electron chi connectivity index (χ2n) is 4.03. The van der Waals surface area contributed by atoms with E-state index >= 15 is 0 Å². The molecule has 0 saturated heterocycles. The summed E-state index contributed by atoms with van der Waals surface area (Å²) in [7, 11) is -3.10. The fraction of sp³-hybridized carbons (Fsp3) is 0.500. The molecule has 1 unspecified atom stereocenters. The van der Waals surface area contributed by atoms with Crippen LogP contribution in [0.5, 0.6) is 5.75 Å². The minimum atomic E-state index is -3.10. The molecule has 0 aliphatic heterocycles. The van der Waals surface area contributed by atoms with Crippen molar-refractivity contribution in [3.8, 4) is 5.75 Å². The van der Waals surface area contributed by atoms with Crippen molar-refractivity contribution in [1.29, 1.82) is 0 Å². The minimum Gasteiger partial charge on any atom is -0.494 e. The van der Waals surface area contributed by atoms with Crippen LogP contribution in [-0.4, -0.2) is 27.0 Å². The molecule has 0 amide bonds. The monoisotopic (exact) mass is 276 g/mol. The molecule has 3 nitrogen and oxygen atoms in total. The van der Waals surface area contributed by atoms with Crippen LogP contribution in [0, 0.1) is 6.92 Å². The zero-order chi connectivity index (χ0) is 13.1. The highest BCUT2D eigenvalue weighted by Crippen LogP contribution is 2.31. The van der Waals surface area contributed by atoms with E-state index in [9.17, 15) is 8.42 Å². The van der Waals surface area contributed by atoms with Gasteiger partial charge >= 0.3 is 0 Å². The maximum absolute atomic E-state index is 11.2. The second-order valence-corrected chi connectivity index (χ2v) is 6.75. The van der Waals surface area contributed by atoms with Crippen molar-refractivity contribution in [1.82, 2.24) is 0 Å². The minimum absolute atomic E-state index is 0.0852. The highest BCUT2D eigenvalue weighted by Gasteiger charge is 2.18. The van der Waals surface area contributed by atoms with E-state index < -0.39 is 15.2 Å². The molecule has 1 aromatic carbocycles. The number of benzene rings is 1. The topological polar surface area (TPSA) is 43.4 Å². The number of hydrogen-bond donors (Lipinski definition) is 0. The van der Waals surface area contributed by atoms with E-state index in [0.29, 0.717) is 12.4 Å². The third-order valence-corrected chi connectivity index (χ3v) is 3.76. The maximum Gasteiger partial charge on any atom is 0.149 e. The first-order valence-corrected chi connectivity index (χ1v) is 7.88. The van der Waals surface area contributed by atoms with Gasteiger partial charge in [-0.3, -0.25) is 0 Å². The van der Waals surface area contributed by atoms with Gasteiger partial charge in [-0.25, -0.2) is 8.42 Å². The molecular formula is C12H17ClO3S.